The molecule has 0 aliphatic heterocycles. The van der Waals surface area contributed by atoms with E-state index in [-0.39, 0.29) is 12.4 Å². The molecule has 2 rings (SSSR count). The summed E-state index contributed by atoms with van der Waals surface area (Å²) in [4.78, 5) is 12.3. The van der Waals surface area contributed by atoms with Gasteiger partial charge in [-0.3, -0.25) is 0 Å². The van der Waals surface area contributed by atoms with Crippen LogP contribution in [0.2, 0.25) is 0 Å². The van der Waals surface area contributed by atoms with E-state index in [2.05, 4.69) is 15.9 Å². The van der Waals surface area contributed by atoms with Crippen molar-refractivity contribution in [2.24, 2.45) is 0 Å². The molecule has 1 N–H and O–H groups in total. The molecule has 2 aromatic heterocycles. The molecule has 0 radical (unpaired) electrons. The fourth-order valence-electron chi connectivity index (χ4n) is 1.87. The van der Waals surface area contributed by atoms with Crippen LogP contribution in [0, 0.1) is 0 Å². The fourth-order valence-corrected chi connectivity index (χ4v) is 3.61. The molecule has 3 nitrogen and oxygen atoms in total. The van der Waals surface area contributed by atoms with E-state index < -0.39 is 5.60 Å². The van der Waals surface area contributed by atoms with Crippen molar-refractivity contribution >= 4 is 50.2 Å². The normalized spacial score (nSPS) is 14.1. The van der Waals surface area contributed by atoms with Gasteiger partial charge in [-0.05, 0) is 0 Å². The first-order chi connectivity index (χ1) is 8.94. The second-order valence-electron chi connectivity index (χ2n) is 4.52. The Bertz CT molecular complexity index is 609. The molecule has 100 valence electrons. The summed E-state index contributed by atoms with van der Waals surface area (Å²) in [6.07, 6.45) is -0.0364. The molecular formula is C13H14BBrO3S. The van der Waals surface area contributed by atoms with Gasteiger partial charge in [-0.15, -0.1) is 0 Å². The Kier molecular flexibility index (Phi) is 4.43. The standard InChI is InChI=1S/C13H14BBrO3S/c1-3-18-12(16)5-13(2,17)11-4-8-9(15)6-14-7-10(8)19-11/h4,6-7,17H,3,5H2,1-2H3. The zero-order valence-corrected chi connectivity index (χ0v) is 13.2. The molecule has 0 fully saturated rings. The molecule has 0 bridgehead atoms. The summed E-state index contributed by atoms with van der Waals surface area (Å²) in [5.41, 5.74) is -1.20. The second kappa shape index (κ2) is 5.73. The van der Waals surface area contributed by atoms with Crippen LogP contribution in [0.3, 0.4) is 0 Å². The SMILES string of the molecule is CCOC(=O)CC(C)(O)c1cc2c(Br)cbcc2s1. The number of hydrogen-bond acceptors (Lipinski definition) is 4. The number of rotatable bonds is 4. The molecule has 0 saturated carbocycles. The van der Waals surface area contributed by atoms with Crippen molar-refractivity contribution in [2.45, 2.75) is 25.9 Å². The van der Waals surface area contributed by atoms with Gasteiger partial charge < -0.3 is 0 Å². The fraction of sp³-hybridized carbons (Fsp3) is 0.385. The number of carbonyl (C=O) groups is 1. The summed E-state index contributed by atoms with van der Waals surface area (Å²) in [5.74, 6) is 3.57. The van der Waals surface area contributed by atoms with Crippen LogP contribution in [-0.2, 0) is 15.1 Å². The Morgan fingerprint density at radius 1 is 1.58 bits per heavy atom. The number of esters is 1. The quantitative estimate of drug-likeness (QED) is 0.869. The summed E-state index contributed by atoms with van der Waals surface area (Å²) in [5, 5.41) is 11.5. The number of aliphatic hydroxyl groups is 1. The third kappa shape index (κ3) is 3.24. The number of hydrogen-bond donors (Lipinski definition) is 1. The van der Waals surface area contributed by atoms with Crippen LogP contribution in [0.15, 0.2) is 22.5 Å². The number of fused-ring (bicyclic) bond motifs is 1. The van der Waals surface area contributed by atoms with E-state index in [0.29, 0.717) is 6.61 Å². The van der Waals surface area contributed by atoms with E-state index in [1.54, 1.807) is 13.8 Å². The van der Waals surface area contributed by atoms with Gasteiger partial charge in [0.1, 0.15) is 0 Å². The van der Waals surface area contributed by atoms with Crippen molar-refractivity contribution < 1.29 is 14.6 Å². The van der Waals surface area contributed by atoms with Crippen molar-refractivity contribution in [3.8, 4) is 0 Å². The van der Waals surface area contributed by atoms with Gasteiger partial charge in [-0.25, -0.2) is 0 Å². The summed E-state index contributed by atoms with van der Waals surface area (Å²) in [6, 6.07) is 1.92. The maximum atomic E-state index is 11.5. The first-order valence-electron chi connectivity index (χ1n) is 6.00. The molecule has 0 aliphatic rings. The van der Waals surface area contributed by atoms with Crippen LogP contribution in [-0.4, -0.2) is 24.6 Å². The molecular weight excluding hydrogens is 327 g/mol. The zero-order chi connectivity index (χ0) is 14.0. The zero-order valence-electron chi connectivity index (χ0n) is 10.8. The van der Waals surface area contributed by atoms with Gasteiger partial charge >= 0.3 is 125 Å². The van der Waals surface area contributed by atoms with Gasteiger partial charge in [-0.1, -0.05) is 0 Å². The Morgan fingerprint density at radius 2 is 2.32 bits per heavy atom. The van der Waals surface area contributed by atoms with E-state index >= 15 is 0 Å². The third-order valence-electron chi connectivity index (χ3n) is 2.83. The Labute approximate surface area is 124 Å². The molecule has 2 aromatic rings. The summed E-state index contributed by atoms with van der Waals surface area (Å²) >= 11 is 4.98. The van der Waals surface area contributed by atoms with Gasteiger partial charge in [0.15, 0.2) is 0 Å². The molecule has 6 heteroatoms. The molecule has 0 aliphatic carbocycles. The van der Waals surface area contributed by atoms with Gasteiger partial charge in [0, 0.05) is 0 Å². The first-order valence-corrected chi connectivity index (χ1v) is 7.61. The molecule has 0 saturated heterocycles. The van der Waals surface area contributed by atoms with E-state index in [4.69, 9.17) is 4.74 Å². The van der Waals surface area contributed by atoms with Crippen LogP contribution in [0.1, 0.15) is 25.1 Å². The van der Waals surface area contributed by atoms with Crippen LogP contribution >= 0.6 is 27.3 Å². The van der Waals surface area contributed by atoms with Crippen molar-refractivity contribution in [2.75, 3.05) is 6.61 Å². The van der Waals surface area contributed by atoms with Gasteiger partial charge in [0.25, 0.3) is 0 Å². The van der Waals surface area contributed by atoms with Crippen LogP contribution in [0.25, 0.3) is 10.1 Å². The van der Waals surface area contributed by atoms with Crippen molar-refractivity contribution in [1.29, 1.82) is 0 Å². The number of thiophene rings is 1. The predicted molar refractivity (Wildman–Crippen MR) is 81.7 cm³/mol. The number of ether oxygens (including phenoxy) is 1. The van der Waals surface area contributed by atoms with Crippen LogP contribution in [0.4, 0.5) is 0 Å². The first kappa shape index (κ1) is 14.7. The molecule has 1 atom stereocenters. The minimum absolute atomic E-state index is 0.0364. The van der Waals surface area contributed by atoms with E-state index in [1.165, 1.54) is 11.3 Å². The molecule has 19 heavy (non-hydrogen) atoms. The van der Waals surface area contributed by atoms with E-state index in [0.717, 1.165) is 19.4 Å². The van der Waals surface area contributed by atoms with Gasteiger partial charge in [0.05, 0.1) is 0 Å². The number of halogens is 1. The molecule has 0 amide bonds. The van der Waals surface area contributed by atoms with Crippen LogP contribution in [0.5, 0.6) is 0 Å². The Balaban J connectivity index is 2.32. The van der Waals surface area contributed by atoms with E-state index in [9.17, 15) is 9.90 Å². The Hall–Kier alpha value is -0.715. The second-order valence-corrected chi connectivity index (χ2v) is 6.46. The van der Waals surface area contributed by atoms with Gasteiger partial charge in [-0.2, -0.15) is 0 Å². The summed E-state index contributed by atoms with van der Waals surface area (Å²) in [7, 11) is 0. The van der Waals surface area contributed by atoms with Crippen molar-refractivity contribution in [3.63, 3.8) is 0 Å². The average molecular weight is 341 g/mol. The molecule has 0 spiro atoms. The van der Waals surface area contributed by atoms with Crippen molar-refractivity contribution in [3.05, 3.63) is 27.3 Å². The summed E-state index contributed by atoms with van der Waals surface area (Å²) < 4.78 is 6.96. The predicted octanol–water partition coefficient (Wildman–Crippen LogP) is 3.16. The van der Waals surface area contributed by atoms with Crippen molar-refractivity contribution in [1.82, 2.24) is 0 Å². The maximum absolute atomic E-state index is 11.5. The van der Waals surface area contributed by atoms with E-state index in [1.807, 2.05) is 24.9 Å². The minimum atomic E-state index is -1.20. The molecule has 1 unspecified atom stereocenters. The van der Waals surface area contributed by atoms with Crippen LogP contribution < -0.4 is 0 Å². The third-order valence-corrected chi connectivity index (χ3v) is 4.88. The number of carbonyl (C=O) groups excluding carboxylic acids is 1. The molecule has 0 aromatic carbocycles. The Morgan fingerprint density at radius 3 is 2.95 bits per heavy atom. The topological polar surface area (TPSA) is 46.5 Å². The average Bonchev–Trinajstić information content (AvgIpc) is 2.74. The van der Waals surface area contributed by atoms with Gasteiger partial charge in [0.2, 0.25) is 0 Å². The summed E-state index contributed by atoms with van der Waals surface area (Å²) in [6.45, 7) is 5.67. The monoisotopic (exact) mass is 340 g/mol. The molecule has 2 heterocycles.